The van der Waals surface area contributed by atoms with Crippen LogP contribution in [0.25, 0.3) is 0 Å². The fourth-order valence-corrected chi connectivity index (χ4v) is 3.65. The first-order valence-electron chi connectivity index (χ1n) is 7.65. The summed E-state index contributed by atoms with van der Waals surface area (Å²) in [6, 6.07) is 9.95. The van der Waals surface area contributed by atoms with Gasteiger partial charge in [0.15, 0.2) is 0 Å². The van der Waals surface area contributed by atoms with E-state index in [9.17, 15) is 0 Å². The lowest BCUT2D eigenvalue weighted by Crippen LogP contribution is -2.37. The van der Waals surface area contributed by atoms with E-state index in [-0.39, 0.29) is 0 Å². The molecule has 1 heteroatoms. The highest BCUT2D eigenvalue weighted by atomic mass is 14.7. The Morgan fingerprint density at radius 1 is 0.944 bits per heavy atom. The number of hydrogen-bond acceptors (Lipinski definition) is 1. The molecule has 0 heterocycles. The largest absolute Gasteiger partial charge is 0.328 e. The van der Waals surface area contributed by atoms with E-state index >= 15 is 0 Å². The van der Waals surface area contributed by atoms with Crippen LogP contribution in [0.15, 0.2) is 24.3 Å². The normalized spacial score (nSPS) is 28.9. The average Bonchev–Trinajstić information content (AvgIpc) is 2.39. The summed E-state index contributed by atoms with van der Waals surface area (Å²) in [5.41, 5.74) is 8.92. The van der Waals surface area contributed by atoms with E-state index in [1.807, 2.05) is 0 Å². The van der Waals surface area contributed by atoms with Crippen molar-refractivity contribution in [2.45, 2.75) is 63.3 Å². The van der Waals surface area contributed by atoms with Crippen LogP contribution in [0.4, 0.5) is 0 Å². The Hall–Kier alpha value is -0.820. The van der Waals surface area contributed by atoms with Crippen molar-refractivity contribution in [2.24, 2.45) is 11.7 Å². The van der Waals surface area contributed by atoms with Crippen molar-refractivity contribution in [3.63, 3.8) is 0 Å². The van der Waals surface area contributed by atoms with Crippen LogP contribution in [0.2, 0.25) is 0 Å². The lowest BCUT2D eigenvalue weighted by Gasteiger charge is -2.32. The molecule has 0 amide bonds. The Balaban J connectivity index is 1.58. The predicted octanol–water partition coefficient (Wildman–Crippen LogP) is 4.01. The van der Waals surface area contributed by atoms with Crippen LogP contribution in [-0.4, -0.2) is 6.04 Å². The van der Waals surface area contributed by atoms with Crippen molar-refractivity contribution < 1.29 is 0 Å². The van der Waals surface area contributed by atoms with E-state index in [0.717, 1.165) is 11.8 Å². The summed E-state index contributed by atoms with van der Waals surface area (Å²) >= 11 is 0. The van der Waals surface area contributed by atoms with Gasteiger partial charge in [-0.25, -0.2) is 0 Å². The molecule has 0 unspecified atom stereocenters. The topological polar surface area (TPSA) is 26.0 Å². The molecule has 3 rings (SSSR count). The minimum absolute atomic E-state index is 0.483. The first kappa shape index (κ1) is 12.2. The van der Waals surface area contributed by atoms with E-state index < -0.39 is 0 Å². The van der Waals surface area contributed by atoms with Gasteiger partial charge in [-0.1, -0.05) is 43.5 Å². The van der Waals surface area contributed by atoms with Crippen molar-refractivity contribution in [1.82, 2.24) is 0 Å². The predicted molar refractivity (Wildman–Crippen MR) is 76.7 cm³/mol. The van der Waals surface area contributed by atoms with Gasteiger partial charge < -0.3 is 5.73 Å². The summed E-state index contributed by atoms with van der Waals surface area (Å²) in [7, 11) is 0. The molecule has 2 N–H and O–H groups in total. The molecule has 1 aromatic rings. The van der Waals surface area contributed by atoms with Gasteiger partial charge >= 0.3 is 0 Å². The summed E-state index contributed by atoms with van der Waals surface area (Å²) in [6.07, 6.45) is 10.8. The third-order valence-electron chi connectivity index (χ3n) is 4.85. The maximum Gasteiger partial charge on any atom is 0.00443 e. The minimum Gasteiger partial charge on any atom is -0.328 e. The molecule has 0 saturated heterocycles. The molecule has 0 radical (unpaired) electrons. The van der Waals surface area contributed by atoms with E-state index in [4.69, 9.17) is 5.73 Å². The second-order valence-corrected chi connectivity index (χ2v) is 6.38. The third kappa shape index (κ3) is 2.77. The first-order chi connectivity index (χ1) is 8.81. The number of nitrogens with two attached hydrogens (primary N) is 1. The molecule has 18 heavy (non-hydrogen) atoms. The molecular formula is C17H25N. The molecule has 0 bridgehead atoms. The second-order valence-electron chi connectivity index (χ2n) is 6.38. The Bertz CT molecular complexity index is 369. The highest BCUT2D eigenvalue weighted by Crippen LogP contribution is 2.33. The molecule has 1 nitrogen and oxygen atoms in total. The van der Waals surface area contributed by atoms with Crippen LogP contribution in [0, 0.1) is 5.92 Å². The van der Waals surface area contributed by atoms with Gasteiger partial charge in [0.25, 0.3) is 0 Å². The fourth-order valence-electron chi connectivity index (χ4n) is 3.65. The fraction of sp³-hybridized carbons (Fsp3) is 0.647. The van der Waals surface area contributed by atoms with Crippen LogP contribution in [0.3, 0.4) is 0 Å². The van der Waals surface area contributed by atoms with E-state index in [1.165, 1.54) is 56.9 Å². The summed E-state index contributed by atoms with van der Waals surface area (Å²) in [5, 5.41) is 0. The van der Waals surface area contributed by atoms with Crippen LogP contribution in [0.1, 0.15) is 62.0 Å². The number of rotatable bonds is 3. The van der Waals surface area contributed by atoms with Crippen molar-refractivity contribution in [2.75, 3.05) is 0 Å². The van der Waals surface area contributed by atoms with Crippen LogP contribution >= 0.6 is 0 Å². The highest BCUT2D eigenvalue weighted by Gasteiger charge is 2.25. The first-order valence-corrected chi connectivity index (χ1v) is 7.65. The smallest absolute Gasteiger partial charge is 0.00443 e. The third-order valence-corrected chi connectivity index (χ3v) is 4.85. The molecule has 0 atom stereocenters. The zero-order chi connectivity index (χ0) is 12.4. The van der Waals surface area contributed by atoms with Crippen molar-refractivity contribution in [3.8, 4) is 0 Å². The van der Waals surface area contributed by atoms with E-state index in [1.54, 1.807) is 5.56 Å². The van der Waals surface area contributed by atoms with Gasteiger partial charge in [-0.05, 0) is 55.1 Å². The summed E-state index contributed by atoms with van der Waals surface area (Å²) in [6.45, 7) is 0. The second kappa shape index (κ2) is 5.44. The number of hydrogen-bond donors (Lipinski definition) is 1. The zero-order valence-corrected chi connectivity index (χ0v) is 11.3. The highest BCUT2D eigenvalue weighted by molar-refractivity contribution is 5.26. The van der Waals surface area contributed by atoms with Crippen LogP contribution in [0.5, 0.6) is 0 Å². The standard InChI is InChI=1S/C17H25N/c18-17-11-14(12-17)10-13-6-8-16(9-7-13)15-4-2-1-3-5-15/h6-9,14-15,17H,1-5,10-12,18H2. The van der Waals surface area contributed by atoms with E-state index in [2.05, 4.69) is 24.3 Å². The Morgan fingerprint density at radius 2 is 1.61 bits per heavy atom. The molecule has 2 fully saturated rings. The van der Waals surface area contributed by atoms with Gasteiger partial charge in [0.2, 0.25) is 0 Å². The minimum atomic E-state index is 0.483. The molecule has 98 valence electrons. The maximum atomic E-state index is 5.84. The van der Waals surface area contributed by atoms with Gasteiger partial charge in [0.05, 0.1) is 0 Å². The lowest BCUT2D eigenvalue weighted by molar-refractivity contribution is 0.264. The van der Waals surface area contributed by atoms with Crippen molar-refractivity contribution in [3.05, 3.63) is 35.4 Å². The van der Waals surface area contributed by atoms with Crippen molar-refractivity contribution >= 4 is 0 Å². The van der Waals surface area contributed by atoms with Crippen LogP contribution < -0.4 is 5.73 Å². The van der Waals surface area contributed by atoms with Crippen molar-refractivity contribution in [1.29, 1.82) is 0 Å². The Morgan fingerprint density at radius 3 is 2.22 bits per heavy atom. The summed E-state index contributed by atoms with van der Waals surface area (Å²) < 4.78 is 0. The van der Waals surface area contributed by atoms with Gasteiger partial charge in [0, 0.05) is 6.04 Å². The molecule has 2 saturated carbocycles. The van der Waals surface area contributed by atoms with E-state index in [0.29, 0.717) is 6.04 Å². The molecule has 2 aliphatic carbocycles. The molecule has 0 spiro atoms. The van der Waals surface area contributed by atoms with Crippen LogP contribution in [-0.2, 0) is 6.42 Å². The van der Waals surface area contributed by atoms with Gasteiger partial charge in [-0.15, -0.1) is 0 Å². The summed E-state index contributed by atoms with van der Waals surface area (Å²) in [5.74, 6) is 1.69. The molecule has 0 aromatic heterocycles. The lowest BCUT2D eigenvalue weighted by atomic mass is 9.77. The quantitative estimate of drug-likeness (QED) is 0.852. The molecule has 0 aliphatic heterocycles. The zero-order valence-electron chi connectivity index (χ0n) is 11.3. The monoisotopic (exact) mass is 243 g/mol. The molecule has 2 aliphatic rings. The molecule has 1 aromatic carbocycles. The summed E-state index contributed by atoms with van der Waals surface area (Å²) in [4.78, 5) is 0. The average molecular weight is 243 g/mol. The Kier molecular flexibility index (Phi) is 3.69. The van der Waals surface area contributed by atoms with Gasteiger partial charge in [0.1, 0.15) is 0 Å². The number of benzene rings is 1. The maximum absolute atomic E-state index is 5.84. The SMILES string of the molecule is NC1CC(Cc2ccc(C3CCCCC3)cc2)C1. The Labute approximate surface area is 111 Å². The van der Waals surface area contributed by atoms with Gasteiger partial charge in [-0.2, -0.15) is 0 Å². The van der Waals surface area contributed by atoms with Gasteiger partial charge in [-0.3, -0.25) is 0 Å². The molecular weight excluding hydrogens is 218 g/mol.